The first-order chi connectivity index (χ1) is 10.6. The molecule has 1 atom stereocenters. The van der Waals surface area contributed by atoms with Gasteiger partial charge in [0.1, 0.15) is 0 Å². The molecule has 116 valence electrons. The van der Waals surface area contributed by atoms with Gasteiger partial charge in [-0.1, -0.05) is 0 Å². The predicted molar refractivity (Wildman–Crippen MR) is 82.3 cm³/mol. The molecule has 2 N–H and O–H groups in total. The van der Waals surface area contributed by atoms with Crippen LogP contribution < -0.4 is 5.73 Å². The molecular formula is C15H20N6O. The second kappa shape index (κ2) is 5.75. The summed E-state index contributed by atoms with van der Waals surface area (Å²) in [5, 5.41) is 4.15. The normalized spacial score (nSPS) is 18.5. The summed E-state index contributed by atoms with van der Waals surface area (Å²) in [5.74, 6) is 0.529. The van der Waals surface area contributed by atoms with Crippen molar-refractivity contribution in [1.82, 2.24) is 24.6 Å². The van der Waals surface area contributed by atoms with Gasteiger partial charge in [-0.2, -0.15) is 5.10 Å². The Bertz CT molecular complexity index is 695. The molecule has 3 rings (SSSR count). The number of aryl methyl sites for hydroxylation is 1. The van der Waals surface area contributed by atoms with Crippen LogP contribution in [0.15, 0.2) is 18.5 Å². The highest BCUT2D eigenvalue weighted by Crippen LogP contribution is 2.27. The van der Waals surface area contributed by atoms with Gasteiger partial charge >= 0.3 is 0 Å². The van der Waals surface area contributed by atoms with E-state index in [0.29, 0.717) is 12.1 Å². The largest absolute Gasteiger partial charge is 0.368 e. The maximum atomic E-state index is 12.7. The fraction of sp³-hybridized carbons (Fsp3) is 0.467. The van der Waals surface area contributed by atoms with Gasteiger partial charge in [0.2, 0.25) is 5.95 Å². The SMILES string of the molecule is Cc1c(C(=O)N2CCCC(c3ccnc(N)n3)C2)cnn1C. The Labute approximate surface area is 129 Å². The first-order valence-corrected chi connectivity index (χ1v) is 7.42. The molecule has 1 unspecified atom stereocenters. The molecule has 1 aliphatic rings. The molecule has 0 bridgehead atoms. The van der Waals surface area contributed by atoms with E-state index in [-0.39, 0.29) is 17.8 Å². The van der Waals surface area contributed by atoms with Gasteiger partial charge < -0.3 is 10.6 Å². The van der Waals surface area contributed by atoms with Crippen molar-refractivity contribution in [2.45, 2.75) is 25.7 Å². The summed E-state index contributed by atoms with van der Waals surface area (Å²) in [4.78, 5) is 22.8. The molecule has 0 radical (unpaired) electrons. The zero-order valence-corrected chi connectivity index (χ0v) is 12.9. The van der Waals surface area contributed by atoms with Crippen LogP contribution in [-0.4, -0.2) is 43.6 Å². The first-order valence-electron chi connectivity index (χ1n) is 7.42. The van der Waals surface area contributed by atoms with E-state index in [1.807, 2.05) is 24.9 Å². The van der Waals surface area contributed by atoms with Gasteiger partial charge in [0, 0.05) is 37.9 Å². The van der Waals surface area contributed by atoms with E-state index < -0.39 is 0 Å². The van der Waals surface area contributed by atoms with Crippen LogP contribution in [0.25, 0.3) is 0 Å². The van der Waals surface area contributed by atoms with Crippen LogP contribution in [0, 0.1) is 6.92 Å². The Morgan fingerprint density at radius 3 is 2.95 bits per heavy atom. The smallest absolute Gasteiger partial charge is 0.257 e. The van der Waals surface area contributed by atoms with E-state index in [1.54, 1.807) is 17.1 Å². The van der Waals surface area contributed by atoms with Crippen molar-refractivity contribution in [2.24, 2.45) is 7.05 Å². The molecule has 1 saturated heterocycles. The Kier molecular flexibility index (Phi) is 3.79. The lowest BCUT2D eigenvalue weighted by atomic mass is 9.94. The van der Waals surface area contributed by atoms with Crippen molar-refractivity contribution in [3.05, 3.63) is 35.4 Å². The number of piperidine rings is 1. The maximum Gasteiger partial charge on any atom is 0.257 e. The molecule has 1 fully saturated rings. The lowest BCUT2D eigenvalue weighted by Crippen LogP contribution is -2.39. The van der Waals surface area contributed by atoms with Crippen LogP contribution in [0.1, 0.15) is 40.5 Å². The summed E-state index contributed by atoms with van der Waals surface area (Å²) in [6.07, 6.45) is 5.28. The fourth-order valence-corrected chi connectivity index (χ4v) is 2.90. The molecule has 0 spiro atoms. The summed E-state index contributed by atoms with van der Waals surface area (Å²) in [7, 11) is 1.84. The van der Waals surface area contributed by atoms with E-state index in [4.69, 9.17) is 5.73 Å². The second-order valence-electron chi connectivity index (χ2n) is 5.70. The summed E-state index contributed by atoms with van der Waals surface area (Å²) in [6, 6.07) is 1.88. The number of likely N-dealkylation sites (tertiary alicyclic amines) is 1. The van der Waals surface area contributed by atoms with E-state index in [0.717, 1.165) is 30.8 Å². The van der Waals surface area contributed by atoms with E-state index >= 15 is 0 Å². The molecule has 2 aromatic rings. The van der Waals surface area contributed by atoms with Gasteiger partial charge in [0.25, 0.3) is 5.91 Å². The highest BCUT2D eigenvalue weighted by Gasteiger charge is 2.28. The van der Waals surface area contributed by atoms with Gasteiger partial charge in [0.05, 0.1) is 17.5 Å². The Morgan fingerprint density at radius 2 is 2.27 bits per heavy atom. The minimum atomic E-state index is 0.0392. The molecule has 22 heavy (non-hydrogen) atoms. The van der Waals surface area contributed by atoms with Crippen molar-refractivity contribution >= 4 is 11.9 Å². The highest BCUT2D eigenvalue weighted by atomic mass is 16.2. The first kappa shape index (κ1) is 14.5. The van der Waals surface area contributed by atoms with Crippen LogP contribution in [0.5, 0.6) is 0 Å². The Morgan fingerprint density at radius 1 is 1.45 bits per heavy atom. The van der Waals surface area contributed by atoms with Crippen molar-refractivity contribution in [3.63, 3.8) is 0 Å². The van der Waals surface area contributed by atoms with Crippen molar-refractivity contribution < 1.29 is 4.79 Å². The van der Waals surface area contributed by atoms with Crippen LogP contribution >= 0.6 is 0 Å². The summed E-state index contributed by atoms with van der Waals surface area (Å²) >= 11 is 0. The number of anilines is 1. The third-order valence-electron chi connectivity index (χ3n) is 4.29. The molecule has 7 heteroatoms. The number of carbonyl (C=O) groups excluding carboxylic acids is 1. The zero-order valence-electron chi connectivity index (χ0n) is 12.9. The van der Waals surface area contributed by atoms with Gasteiger partial charge in [0.15, 0.2) is 0 Å². The van der Waals surface area contributed by atoms with Gasteiger partial charge in [-0.3, -0.25) is 9.48 Å². The number of aromatic nitrogens is 4. The second-order valence-corrected chi connectivity index (χ2v) is 5.70. The number of nitrogens with two attached hydrogens (primary N) is 1. The van der Waals surface area contributed by atoms with E-state index in [2.05, 4.69) is 15.1 Å². The van der Waals surface area contributed by atoms with Crippen LogP contribution in [0.2, 0.25) is 0 Å². The Balaban J connectivity index is 1.78. The molecule has 0 saturated carbocycles. The average Bonchev–Trinajstić information content (AvgIpc) is 2.86. The molecule has 7 nitrogen and oxygen atoms in total. The fourth-order valence-electron chi connectivity index (χ4n) is 2.90. The van der Waals surface area contributed by atoms with Crippen LogP contribution in [-0.2, 0) is 7.05 Å². The highest BCUT2D eigenvalue weighted by molar-refractivity contribution is 5.95. The van der Waals surface area contributed by atoms with Gasteiger partial charge in [-0.25, -0.2) is 9.97 Å². The monoisotopic (exact) mass is 300 g/mol. The number of rotatable bonds is 2. The molecule has 1 aliphatic heterocycles. The number of hydrogen-bond donors (Lipinski definition) is 1. The number of hydrogen-bond acceptors (Lipinski definition) is 5. The molecule has 0 aromatic carbocycles. The number of carbonyl (C=O) groups is 1. The summed E-state index contributed by atoms with van der Waals surface area (Å²) in [6.45, 7) is 3.33. The molecule has 2 aromatic heterocycles. The third-order valence-corrected chi connectivity index (χ3v) is 4.29. The topological polar surface area (TPSA) is 89.9 Å². The summed E-state index contributed by atoms with van der Waals surface area (Å²) in [5.41, 5.74) is 8.13. The molecule has 3 heterocycles. The number of nitrogens with zero attached hydrogens (tertiary/aromatic N) is 5. The van der Waals surface area contributed by atoms with E-state index in [9.17, 15) is 4.79 Å². The van der Waals surface area contributed by atoms with Crippen LogP contribution in [0.3, 0.4) is 0 Å². The van der Waals surface area contributed by atoms with Crippen molar-refractivity contribution in [1.29, 1.82) is 0 Å². The average molecular weight is 300 g/mol. The molecule has 1 amide bonds. The standard InChI is InChI=1S/C15H20N6O/c1-10-12(8-18-20(10)2)14(22)21-7-3-4-11(9-21)13-5-6-17-15(16)19-13/h5-6,8,11H,3-4,7,9H2,1-2H3,(H2,16,17,19). The number of amides is 1. The van der Waals surface area contributed by atoms with Gasteiger partial charge in [-0.15, -0.1) is 0 Å². The minimum absolute atomic E-state index is 0.0392. The third kappa shape index (κ3) is 2.66. The molecular weight excluding hydrogens is 280 g/mol. The quantitative estimate of drug-likeness (QED) is 0.897. The lowest BCUT2D eigenvalue weighted by molar-refractivity contribution is 0.0705. The maximum absolute atomic E-state index is 12.7. The van der Waals surface area contributed by atoms with Gasteiger partial charge in [-0.05, 0) is 25.8 Å². The minimum Gasteiger partial charge on any atom is -0.368 e. The van der Waals surface area contributed by atoms with E-state index in [1.165, 1.54) is 0 Å². The summed E-state index contributed by atoms with van der Waals surface area (Å²) < 4.78 is 1.72. The number of nitrogen functional groups attached to an aromatic ring is 1. The predicted octanol–water partition coefficient (Wildman–Crippen LogP) is 1.12. The molecule has 0 aliphatic carbocycles. The lowest BCUT2D eigenvalue weighted by Gasteiger charge is -2.32. The van der Waals surface area contributed by atoms with Crippen molar-refractivity contribution in [3.8, 4) is 0 Å². The zero-order chi connectivity index (χ0) is 15.7. The Hall–Kier alpha value is -2.44. The van der Waals surface area contributed by atoms with Crippen molar-refractivity contribution in [2.75, 3.05) is 18.8 Å². The van der Waals surface area contributed by atoms with Crippen LogP contribution in [0.4, 0.5) is 5.95 Å².